The molecule has 0 bridgehead atoms. The summed E-state index contributed by atoms with van der Waals surface area (Å²) in [5.41, 5.74) is 0.729. The average Bonchev–Trinajstić information content (AvgIpc) is 2.62. The lowest BCUT2D eigenvalue weighted by atomic mass is 10.1. The summed E-state index contributed by atoms with van der Waals surface area (Å²) in [5.74, 6) is 1.18. The zero-order chi connectivity index (χ0) is 17.9. The fourth-order valence-corrected chi connectivity index (χ4v) is 2.44. The van der Waals surface area contributed by atoms with E-state index in [2.05, 4.69) is 5.32 Å². The maximum Gasteiger partial charge on any atom is 0.328 e. The maximum atomic E-state index is 12.1. The topological polar surface area (TPSA) is 73.9 Å². The molecule has 0 heterocycles. The Morgan fingerprint density at radius 3 is 2.58 bits per heavy atom. The van der Waals surface area contributed by atoms with Gasteiger partial charge < -0.3 is 19.5 Å². The number of esters is 1. The lowest BCUT2D eigenvalue weighted by Gasteiger charge is -2.14. The van der Waals surface area contributed by atoms with E-state index in [1.54, 1.807) is 50.3 Å². The predicted molar refractivity (Wildman–Crippen MR) is 95.5 cm³/mol. The molecule has 0 unspecified atom stereocenters. The third-order valence-electron chi connectivity index (χ3n) is 3.27. The minimum Gasteiger partial charge on any atom is -0.497 e. The molecule has 0 aliphatic heterocycles. The molecule has 0 fully saturated rings. The van der Waals surface area contributed by atoms with Gasteiger partial charge in [-0.1, -0.05) is 0 Å². The lowest BCUT2D eigenvalue weighted by Crippen LogP contribution is -2.41. The molecule has 24 heavy (non-hydrogen) atoms. The number of methoxy groups -OCH3 is 3. The van der Waals surface area contributed by atoms with Gasteiger partial charge in [0.2, 0.25) is 5.91 Å². The normalized spacial score (nSPS) is 11.8. The van der Waals surface area contributed by atoms with Gasteiger partial charge in [0.25, 0.3) is 0 Å². The highest BCUT2D eigenvalue weighted by molar-refractivity contribution is 7.98. The number of carbonyl (C=O) groups is 2. The molecule has 1 aromatic carbocycles. The lowest BCUT2D eigenvalue weighted by molar-refractivity contribution is -0.144. The molecule has 0 radical (unpaired) electrons. The van der Waals surface area contributed by atoms with E-state index in [9.17, 15) is 9.59 Å². The zero-order valence-corrected chi connectivity index (χ0v) is 15.1. The molecule has 1 rings (SSSR count). The fourth-order valence-electron chi connectivity index (χ4n) is 1.97. The Balaban J connectivity index is 2.78. The Morgan fingerprint density at radius 2 is 2.00 bits per heavy atom. The Hall–Kier alpha value is -2.15. The van der Waals surface area contributed by atoms with Crippen molar-refractivity contribution in [3.05, 3.63) is 29.8 Å². The minimum atomic E-state index is -0.655. The van der Waals surface area contributed by atoms with Gasteiger partial charge in [-0.2, -0.15) is 11.8 Å². The molecular formula is C17H23NO5S. The molecule has 6 nitrogen and oxygen atoms in total. The second-order valence-electron chi connectivity index (χ2n) is 4.81. The number of carbonyl (C=O) groups excluding carboxylic acids is 2. The van der Waals surface area contributed by atoms with Gasteiger partial charge in [0.15, 0.2) is 0 Å². The van der Waals surface area contributed by atoms with Crippen LogP contribution in [0.4, 0.5) is 0 Å². The van der Waals surface area contributed by atoms with Crippen molar-refractivity contribution in [1.82, 2.24) is 5.32 Å². The molecule has 7 heteroatoms. The predicted octanol–water partition coefficient (Wildman–Crippen LogP) is 2.13. The van der Waals surface area contributed by atoms with Crippen molar-refractivity contribution in [1.29, 1.82) is 0 Å². The van der Waals surface area contributed by atoms with Crippen molar-refractivity contribution in [2.75, 3.05) is 33.3 Å². The van der Waals surface area contributed by atoms with Crippen molar-refractivity contribution >= 4 is 29.7 Å². The average molecular weight is 353 g/mol. The number of amides is 1. The zero-order valence-electron chi connectivity index (χ0n) is 14.3. The summed E-state index contributed by atoms with van der Waals surface area (Å²) in [6.45, 7) is 0. The van der Waals surface area contributed by atoms with Crippen molar-refractivity contribution in [2.24, 2.45) is 0 Å². The van der Waals surface area contributed by atoms with Crippen LogP contribution in [0.15, 0.2) is 24.3 Å². The van der Waals surface area contributed by atoms with Gasteiger partial charge in [0.1, 0.15) is 17.5 Å². The van der Waals surface area contributed by atoms with Crippen LogP contribution in [0.2, 0.25) is 0 Å². The number of rotatable bonds is 9. The number of nitrogens with one attached hydrogen (secondary N) is 1. The summed E-state index contributed by atoms with van der Waals surface area (Å²) in [4.78, 5) is 23.7. The molecule has 1 N–H and O–H groups in total. The van der Waals surface area contributed by atoms with E-state index in [4.69, 9.17) is 14.2 Å². The number of hydrogen-bond acceptors (Lipinski definition) is 6. The third kappa shape index (κ3) is 6.16. The van der Waals surface area contributed by atoms with Gasteiger partial charge in [-0.3, -0.25) is 4.79 Å². The number of benzene rings is 1. The fraction of sp³-hybridized carbons (Fsp3) is 0.412. The van der Waals surface area contributed by atoms with Crippen molar-refractivity contribution in [2.45, 2.75) is 12.5 Å². The molecule has 0 aromatic heterocycles. The Kier molecular flexibility index (Phi) is 8.78. The standard InChI is InChI=1S/C17H23NO5S/c1-21-13-7-5-12(15(11-13)22-2)6-8-16(19)18-14(9-10-24-4)17(20)23-3/h5-8,11,14H,9-10H2,1-4H3,(H,18,19)/b8-6+/t14-/m0/s1. The first kappa shape index (κ1) is 19.9. The maximum absolute atomic E-state index is 12.1. The summed E-state index contributed by atoms with van der Waals surface area (Å²) in [5, 5.41) is 2.65. The van der Waals surface area contributed by atoms with Gasteiger partial charge in [0.05, 0.1) is 21.3 Å². The molecule has 1 atom stereocenters. The first-order valence-corrected chi connectivity index (χ1v) is 8.72. The van der Waals surface area contributed by atoms with E-state index in [1.165, 1.54) is 13.2 Å². The highest BCUT2D eigenvalue weighted by atomic mass is 32.2. The molecule has 132 valence electrons. The van der Waals surface area contributed by atoms with Crippen molar-refractivity contribution in [3.63, 3.8) is 0 Å². The molecule has 0 saturated carbocycles. The smallest absolute Gasteiger partial charge is 0.328 e. The van der Waals surface area contributed by atoms with Crippen molar-refractivity contribution < 1.29 is 23.8 Å². The summed E-state index contributed by atoms with van der Waals surface area (Å²) < 4.78 is 15.1. The van der Waals surface area contributed by atoms with Crippen LogP contribution >= 0.6 is 11.8 Å². The molecule has 1 aromatic rings. The van der Waals surface area contributed by atoms with Crippen LogP contribution in [0.1, 0.15) is 12.0 Å². The van der Waals surface area contributed by atoms with E-state index in [1.807, 2.05) is 6.26 Å². The summed E-state index contributed by atoms with van der Waals surface area (Å²) in [6, 6.07) is 4.63. The molecular weight excluding hydrogens is 330 g/mol. The van der Waals surface area contributed by atoms with Crippen LogP contribution in [0, 0.1) is 0 Å². The van der Waals surface area contributed by atoms with Gasteiger partial charge in [-0.25, -0.2) is 4.79 Å². The number of hydrogen-bond donors (Lipinski definition) is 1. The number of ether oxygens (including phenoxy) is 3. The highest BCUT2D eigenvalue weighted by Crippen LogP contribution is 2.25. The van der Waals surface area contributed by atoms with Crippen LogP contribution in [0.5, 0.6) is 11.5 Å². The quantitative estimate of drug-likeness (QED) is 0.541. The monoisotopic (exact) mass is 353 g/mol. The van der Waals surface area contributed by atoms with E-state index in [0.29, 0.717) is 17.9 Å². The second-order valence-corrected chi connectivity index (χ2v) is 5.79. The van der Waals surface area contributed by atoms with Crippen LogP contribution in [-0.2, 0) is 14.3 Å². The Morgan fingerprint density at radius 1 is 1.25 bits per heavy atom. The van der Waals surface area contributed by atoms with E-state index in [0.717, 1.165) is 11.3 Å². The van der Waals surface area contributed by atoms with Gasteiger partial charge >= 0.3 is 5.97 Å². The highest BCUT2D eigenvalue weighted by Gasteiger charge is 2.19. The Bertz CT molecular complexity index is 588. The second kappa shape index (κ2) is 10.6. The summed E-state index contributed by atoms with van der Waals surface area (Å²) in [7, 11) is 4.42. The summed E-state index contributed by atoms with van der Waals surface area (Å²) >= 11 is 1.60. The van der Waals surface area contributed by atoms with Crippen LogP contribution in [-0.4, -0.2) is 51.3 Å². The van der Waals surface area contributed by atoms with Gasteiger partial charge in [0, 0.05) is 17.7 Å². The van der Waals surface area contributed by atoms with E-state index < -0.39 is 12.0 Å². The summed E-state index contributed by atoms with van der Waals surface area (Å²) in [6.07, 6.45) is 5.43. The molecule has 1 amide bonds. The largest absolute Gasteiger partial charge is 0.497 e. The third-order valence-corrected chi connectivity index (χ3v) is 3.91. The van der Waals surface area contributed by atoms with Gasteiger partial charge in [-0.05, 0) is 36.6 Å². The first-order valence-electron chi connectivity index (χ1n) is 7.33. The SMILES string of the molecule is COC(=O)[C@H](CCSC)NC(=O)/C=C/c1ccc(OC)cc1OC. The van der Waals surface area contributed by atoms with Crippen LogP contribution in [0.3, 0.4) is 0 Å². The molecule has 0 spiro atoms. The first-order chi connectivity index (χ1) is 11.5. The minimum absolute atomic E-state index is 0.371. The molecule has 0 aliphatic carbocycles. The van der Waals surface area contributed by atoms with Crippen LogP contribution < -0.4 is 14.8 Å². The molecule has 0 aliphatic rings. The molecule has 0 saturated heterocycles. The van der Waals surface area contributed by atoms with Gasteiger partial charge in [-0.15, -0.1) is 0 Å². The van der Waals surface area contributed by atoms with Crippen molar-refractivity contribution in [3.8, 4) is 11.5 Å². The van der Waals surface area contributed by atoms with E-state index >= 15 is 0 Å². The Labute approximate surface area is 146 Å². The number of thioether (sulfide) groups is 1. The van der Waals surface area contributed by atoms with E-state index in [-0.39, 0.29) is 5.91 Å². The van der Waals surface area contributed by atoms with Crippen LogP contribution in [0.25, 0.3) is 6.08 Å².